The molecule has 19 heavy (non-hydrogen) atoms. The fraction of sp³-hybridized carbons (Fsp3) is 0.571. The van der Waals surface area contributed by atoms with Crippen molar-refractivity contribution in [3.8, 4) is 11.5 Å². The molecule has 2 heterocycles. The zero-order valence-corrected chi connectivity index (χ0v) is 11.5. The van der Waals surface area contributed by atoms with Crippen LogP contribution >= 0.6 is 0 Å². The minimum atomic E-state index is 0.219. The van der Waals surface area contributed by atoms with Crippen molar-refractivity contribution in [1.82, 2.24) is 9.88 Å². The first kappa shape index (κ1) is 13.8. The van der Waals surface area contributed by atoms with Crippen LogP contribution in [0.1, 0.15) is 18.5 Å². The Morgan fingerprint density at radius 3 is 2.68 bits per heavy atom. The molecule has 1 aromatic rings. The van der Waals surface area contributed by atoms with Crippen molar-refractivity contribution < 1.29 is 14.3 Å². The Morgan fingerprint density at radius 1 is 1.37 bits per heavy atom. The van der Waals surface area contributed by atoms with E-state index in [4.69, 9.17) is 9.47 Å². The molecule has 1 aromatic heterocycles. The average molecular weight is 264 g/mol. The number of carbonyl (C=O) groups is 1. The summed E-state index contributed by atoms with van der Waals surface area (Å²) in [5.74, 6) is 1.62. The van der Waals surface area contributed by atoms with E-state index in [1.165, 1.54) is 0 Å². The van der Waals surface area contributed by atoms with Gasteiger partial charge in [0.05, 0.1) is 14.2 Å². The highest BCUT2D eigenvalue weighted by molar-refractivity contribution is 5.53. The number of piperidine rings is 1. The van der Waals surface area contributed by atoms with E-state index in [0.717, 1.165) is 44.5 Å². The van der Waals surface area contributed by atoms with Crippen LogP contribution in [-0.2, 0) is 11.3 Å². The predicted octanol–water partition coefficient (Wildman–Crippen LogP) is 1.51. The summed E-state index contributed by atoms with van der Waals surface area (Å²) >= 11 is 0. The SMILES string of the molecule is COc1ccnc(CN2CCC(C=O)CC2)c1OC. The average Bonchev–Trinajstić information content (AvgIpc) is 2.47. The van der Waals surface area contributed by atoms with Crippen molar-refractivity contribution in [3.63, 3.8) is 0 Å². The zero-order chi connectivity index (χ0) is 13.7. The number of hydrogen-bond donors (Lipinski definition) is 0. The van der Waals surface area contributed by atoms with Crippen molar-refractivity contribution in [2.24, 2.45) is 5.92 Å². The molecule has 1 fully saturated rings. The zero-order valence-electron chi connectivity index (χ0n) is 11.5. The fourth-order valence-electron chi connectivity index (χ4n) is 2.42. The van der Waals surface area contributed by atoms with Crippen molar-refractivity contribution in [2.45, 2.75) is 19.4 Å². The molecule has 0 bridgehead atoms. The second-order valence-electron chi connectivity index (χ2n) is 4.74. The van der Waals surface area contributed by atoms with Gasteiger partial charge in [0.15, 0.2) is 11.5 Å². The summed E-state index contributed by atoms with van der Waals surface area (Å²) in [6.45, 7) is 2.57. The van der Waals surface area contributed by atoms with E-state index in [2.05, 4.69) is 9.88 Å². The molecule has 2 rings (SSSR count). The number of aldehydes is 1. The number of nitrogens with zero attached hydrogens (tertiary/aromatic N) is 2. The van der Waals surface area contributed by atoms with Crippen LogP contribution in [-0.4, -0.2) is 43.5 Å². The molecule has 0 amide bonds. The van der Waals surface area contributed by atoms with Crippen molar-refractivity contribution in [3.05, 3.63) is 18.0 Å². The van der Waals surface area contributed by atoms with Crippen LogP contribution in [0.15, 0.2) is 12.3 Å². The molecule has 5 heteroatoms. The summed E-state index contributed by atoms with van der Waals surface area (Å²) in [6, 6.07) is 1.79. The van der Waals surface area contributed by atoms with Crippen molar-refractivity contribution in [2.75, 3.05) is 27.3 Å². The number of aromatic nitrogens is 1. The summed E-state index contributed by atoms with van der Waals surface area (Å²) in [5.41, 5.74) is 0.881. The van der Waals surface area contributed by atoms with Crippen LogP contribution in [0.25, 0.3) is 0 Å². The van der Waals surface area contributed by atoms with Gasteiger partial charge in [0, 0.05) is 24.7 Å². The van der Waals surface area contributed by atoms with Crippen LogP contribution in [0.2, 0.25) is 0 Å². The van der Waals surface area contributed by atoms with Gasteiger partial charge in [0.1, 0.15) is 12.0 Å². The second kappa shape index (κ2) is 6.52. The largest absolute Gasteiger partial charge is 0.493 e. The molecular weight excluding hydrogens is 244 g/mol. The van der Waals surface area contributed by atoms with Crippen molar-refractivity contribution >= 4 is 6.29 Å². The highest BCUT2D eigenvalue weighted by atomic mass is 16.5. The van der Waals surface area contributed by atoms with Crippen LogP contribution in [0, 0.1) is 5.92 Å². The Balaban J connectivity index is 2.05. The third-order valence-corrected chi connectivity index (χ3v) is 3.56. The van der Waals surface area contributed by atoms with E-state index in [0.29, 0.717) is 11.5 Å². The lowest BCUT2D eigenvalue weighted by Crippen LogP contribution is -2.34. The molecule has 1 saturated heterocycles. The molecule has 0 atom stereocenters. The maximum Gasteiger partial charge on any atom is 0.183 e. The van der Waals surface area contributed by atoms with Gasteiger partial charge in [0.25, 0.3) is 0 Å². The van der Waals surface area contributed by atoms with Crippen LogP contribution in [0.4, 0.5) is 0 Å². The summed E-state index contributed by atoms with van der Waals surface area (Å²) in [5, 5.41) is 0. The molecule has 0 unspecified atom stereocenters. The molecule has 104 valence electrons. The minimum absolute atomic E-state index is 0.219. The molecule has 0 N–H and O–H groups in total. The lowest BCUT2D eigenvalue weighted by molar-refractivity contribution is -0.112. The molecule has 0 aliphatic carbocycles. The normalized spacial score (nSPS) is 17.2. The van der Waals surface area contributed by atoms with Gasteiger partial charge in [0.2, 0.25) is 0 Å². The van der Waals surface area contributed by atoms with Crippen molar-refractivity contribution in [1.29, 1.82) is 0 Å². The first-order chi connectivity index (χ1) is 9.28. The number of ether oxygens (including phenoxy) is 2. The van der Waals surface area contributed by atoms with E-state index in [-0.39, 0.29) is 5.92 Å². The smallest absolute Gasteiger partial charge is 0.183 e. The minimum Gasteiger partial charge on any atom is -0.493 e. The van der Waals surface area contributed by atoms with E-state index in [1.807, 2.05) is 0 Å². The standard InChI is InChI=1S/C14H20N2O3/c1-18-13-3-6-15-12(14(13)19-2)9-16-7-4-11(10-17)5-8-16/h3,6,10-11H,4-5,7-9H2,1-2H3. The number of likely N-dealkylation sites (tertiary alicyclic amines) is 1. The van der Waals surface area contributed by atoms with Gasteiger partial charge in [-0.1, -0.05) is 0 Å². The maximum absolute atomic E-state index is 10.7. The van der Waals surface area contributed by atoms with Gasteiger partial charge in [-0.15, -0.1) is 0 Å². The van der Waals surface area contributed by atoms with Crippen LogP contribution in [0.3, 0.4) is 0 Å². The predicted molar refractivity (Wildman–Crippen MR) is 71.4 cm³/mol. The quantitative estimate of drug-likeness (QED) is 0.755. The molecule has 1 aliphatic heterocycles. The lowest BCUT2D eigenvalue weighted by Gasteiger charge is -2.29. The first-order valence-electron chi connectivity index (χ1n) is 6.52. The van der Waals surface area contributed by atoms with Crippen LogP contribution < -0.4 is 9.47 Å². The number of rotatable bonds is 5. The monoisotopic (exact) mass is 264 g/mol. The Morgan fingerprint density at radius 2 is 2.11 bits per heavy atom. The van der Waals surface area contributed by atoms with E-state index < -0.39 is 0 Å². The number of methoxy groups -OCH3 is 2. The van der Waals surface area contributed by atoms with Crippen LogP contribution in [0.5, 0.6) is 11.5 Å². The van der Waals surface area contributed by atoms with Gasteiger partial charge < -0.3 is 14.3 Å². The molecule has 1 aliphatic rings. The topological polar surface area (TPSA) is 51.7 Å². The summed E-state index contributed by atoms with van der Waals surface area (Å²) in [4.78, 5) is 17.4. The molecule has 0 saturated carbocycles. The number of pyridine rings is 1. The Bertz CT molecular complexity index is 429. The summed E-state index contributed by atoms with van der Waals surface area (Å²) in [6.07, 6.45) is 4.65. The highest BCUT2D eigenvalue weighted by Gasteiger charge is 2.21. The van der Waals surface area contributed by atoms with Gasteiger partial charge in [-0.25, -0.2) is 0 Å². The second-order valence-corrected chi connectivity index (χ2v) is 4.74. The molecule has 5 nitrogen and oxygen atoms in total. The number of hydrogen-bond acceptors (Lipinski definition) is 5. The maximum atomic E-state index is 10.7. The van der Waals surface area contributed by atoms with Gasteiger partial charge in [-0.3, -0.25) is 9.88 Å². The molecule has 0 aromatic carbocycles. The highest BCUT2D eigenvalue weighted by Crippen LogP contribution is 2.30. The van der Waals surface area contributed by atoms with Gasteiger partial charge in [-0.05, 0) is 25.9 Å². The Labute approximate surface area is 113 Å². The number of carbonyl (C=O) groups excluding carboxylic acids is 1. The molecule has 0 radical (unpaired) electrons. The van der Waals surface area contributed by atoms with E-state index in [9.17, 15) is 4.79 Å². The van der Waals surface area contributed by atoms with Gasteiger partial charge >= 0.3 is 0 Å². The summed E-state index contributed by atoms with van der Waals surface area (Å²) < 4.78 is 10.7. The van der Waals surface area contributed by atoms with E-state index in [1.54, 1.807) is 26.5 Å². The third kappa shape index (κ3) is 3.23. The fourth-order valence-corrected chi connectivity index (χ4v) is 2.42. The Hall–Kier alpha value is -1.62. The van der Waals surface area contributed by atoms with E-state index >= 15 is 0 Å². The molecule has 0 spiro atoms. The third-order valence-electron chi connectivity index (χ3n) is 3.56. The molecular formula is C14H20N2O3. The summed E-state index contributed by atoms with van der Waals surface area (Å²) in [7, 11) is 3.25. The lowest BCUT2D eigenvalue weighted by atomic mass is 9.98. The van der Waals surface area contributed by atoms with Gasteiger partial charge in [-0.2, -0.15) is 0 Å². The first-order valence-corrected chi connectivity index (χ1v) is 6.52. The Kier molecular flexibility index (Phi) is 4.74.